The van der Waals surface area contributed by atoms with Gasteiger partial charge in [-0.15, -0.1) is 0 Å². The maximum atomic E-state index is 12.6. The first-order chi connectivity index (χ1) is 14.4. The second-order valence-corrected chi connectivity index (χ2v) is 9.06. The van der Waals surface area contributed by atoms with E-state index in [4.69, 9.17) is 0 Å². The molecule has 0 radical (unpaired) electrons. The first kappa shape index (κ1) is 24.0. The maximum absolute atomic E-state index is 12.6. The van der Waals surface area contributed by atoms with Crippen molar-refractivity contribution in [2.45, 2.75) is 25.6 Å². The van der Waals surface area contributed by atoms with Crippen LogP contribution in [0.25, 0.3) is 0 Å². The van der Waals surface area contributed by atoms with Gasteiger partial charge in [-0.25, -0.2) is 0 Å². The van der Waals surface area contributed by atoms with Gasteiger partial charge in [0, 0.05) is 35.8 Å². The number of nitrogens with one attached hydrogen (secondary N) is 2. The van der Waals surface area contributed by atoms with Gasteiger partial charge < -0.3 is 10.6 Å². The molecule has 2 aromatic carbocycles. The molecule has 30 heavy (non-hydrogen) atoms. The lowest BCUT2D eigenvalue weighted by Crippen LogP contribution is -2.49. The Kier molecular flexibility index (Phi) is 9.97. The lowest BCUT2D eigenvalue weighted by atomic mass is 10.2. The third-order valence-electron chi connectivity index (χ3n) is 4.47. The summed E-state index contributed by atoms with van der Waals surface area (Å²) in [6.45, 7) is 3.81. The van der Waals surface area contributed by atoms with Crippen LogP contribution in [0.2, 0.25) is 0 Å². The predicted molar refractivity (Wildman–Crippen MR) is 126 cm³/mol. The van der Waals surface area contributed by atoms with Crippen LogP contribution in [0, 0.1) is 12.8 Å². The Balaban J connectivity index is 1.83. The number of amides is 2. The smallest absolute Gasteiger partial charge is 0.243 e. The number of thioether (sulfide) groups is 2. The molecular formula is C23H28N2O3S2. The molecule has 0 aliphatic carbocycles. The zero-order valence-electron chi connectivity index (χ0n) is 17.5. The lowest BCUT2D eigenvalue weighted by molar-refractivity contribution is -0.129. The van der Waals surface area contributed by atoms with E-state index in [0.29, 0.717) is 17.1 Å². The quantitative estimate of drug-likeness (QED) is 0.585. The summed E-state index contributed by atoms with van der Waals surface area (Å²) < 4.78 is 0. The molecule has 0 saturated carbocycles. The van der Waals surface area contributed by atoms with E-state index in [2.05, 4.69) is 34.9 Å². The summed E-state index contributed by atoms with van der Waals surface area (Å²) >= 11 is 2.72. The molecule has 0 unspecified atom stereocenters. The Hall–Kier alpha value is -2.25. The van der Waals surface area contributed by atoms with Crippen LogP contribution < -0.4 is 10.6 Å². The molecule has 2 rings (SSSR count). The topological polar surface area (TPSA) is 75.3 Å². The number of carbonyl (C=O) groups excluding carboxylic acids is 3. The molecule has 2 aromatic rings. The summed E-state index contributed by atoms with van der Waals surface area (Å²) in [5.41, 5.74) is 3.00. The molecule has 2 N–H and O–H groups in total. The van der Waals surface area contributed by atoms with Crippen LogP contribution in [0.1, 0.15) is 28.4 Å². The molecule has 2 atom stereocenters. The van der Waals surface area contributed by atoms with E-state index in [0.717, 1.165) is 17.5 Å². The Labute approximate surface area is 186 Å². The van der Waals surface area contributed by atoms with E-state index in [9.17, 15) is 14.4 Å². The predicted octanol–water partition coefficient (Wildman–Crippen LogP) is 3.67. The summed E-state index contributed by atoms with van der Waals surface area (Å²) in [6.07, 6.45) is 0. The van der Waals surface area contributed by atoms with Crippen molar-refractivity contribution >= 4 is 40.5 Å². The summed E-state index contributed by atoms with van der Waals surface area (Å²) in [7, 11) is 1.56. The Morgan fingerprint density at radius 3 is 2.23 bits per heavy atom. The molecule has 0 aromatic heterocycles. The highest BCUT2D eigenvalue weighted by molar-refractivity contribution is 8.14. The number of benzene rings is 2. The zero-order valence-corrected chi connectivity index (χ0v) is 19.1. The number of rotatable bonds is 10. The fourth-order valence-corrected chi connectivity index (χ4v) is 4.46. The summed E-state index contributed by atoms with van der Waals surface area (Å²) in [5.74, 6) is 0.754. The van der Waals surface area contributed by atoms with Crippen molar-refractivity contribution < 1.29 is 14.4 Å². The van der Waals surface area contributed by atoms with E-state index in [-0.39, 0.29) is 16.9 Å². The van der Waals surface area contributed by atoms with Gasteiger partial charge in [0.1, 0.15) is 6.04 Å². The molecule has 5 nitrogen and oxygen atoms in total. The molecule has 0 aliphatic heterocycles. The third-order valence-corrected chi connectivity index (χ3v) is 6.75. The van der Waals surface area contributed by atoms with Crippen molar-refractivity contribution in [3.8, 4) is 0 Å². The third kappa shape index (κ3) is 7.88. The van der Waals surface area contributed by atoms with E-state index in [1.54, 1.807) is 37.9 Å². The van der Waals surface area contributed by atoms with E-state index >= 15 is 0 Å². The van der Waals surface area contributed by atoms with Gasteiger partial charge in [-0.1, -0.05) is 78.8 Å². The van der Waals surface area contributed by atoms with Crippen LogP contribution in [-0.4, -0.2) is 41.5 Å². The molecule has 0 saturated heterocycles. The first-order valence-corrected chi connectivity index (χ1v) is 11.9. The van der Waals surface area contributed by atoms with Crippen molar-refractivity contribution in [2.24, 2.45) is 5.92 Å². The van der Waals surface area contributed by atoms with Gasteiger partial charge in [0.15, 0.2) is 0 Å². The monoisotopic (exact) mass is 444 g/mol. The minimum absolute atomic E-state index is 0.0632. The Bertz CT molecular complexity index is 841. The minimum Gasteiger partial charge on any atom is -0.357 e. The fraction of sp³-hybridized carbons (Fsp3) is 0.348. The number of likely N-dealkylation sites (N-methyl/N-ethyl adjacent to an activating group) is 1. The number of hydrogen-bond donors (Lipinski definition) is 2. The Morgan fingerprint density at radius 1 is 0.933 bits per heavy atom. The van der Waals surface area contributed by atoms with E-state index in [1.807, 2.05) is 25.1 Å². The van der Waals surface area contributed by atoms with Crippen molar-refractivity contribution in [3.63, 3.8) is 0 Å². The standard InChI is InChI=1S/C23H28N2O3S2/c1-16-9-11-18(12-10-16)14-29-15-20(22(27)24-3)25-21(26)17(2)13-30-23(28)19-7-5-4-6-8-19/h4-12,17,20H,13-15H2,1-3H3,(H,24,27)(H,25,26)/t17-,20+/m1/s1. The number of carbonyl (C=O) groups is 3. The lowest BCUT2D eigenvalue weighted by Gasteiger charge is -2.19. The molecule has 0 heterocycles. The minimum atomic E-state index is -0.616. The largest absolute Gasteiger partial charge is 0.357 e. The summed E-state index contributed by atoms with van der Waals surface area (Å²) in [5, 5.41) is 5.38. The Morgan fingerprint density at radius 2 is 1.60 bits per heavy atom. The normalized spacial score (nSPS) is 12.6. The van der Waals surface area contributed by atoms with Crippen molar-refractivity contribution in [1.29, 1.82) is 0 Å². The second-order valence-electron chi connectivity index (χ2n) is 7.04. The van der Waals surface area contributed by atoms with Gasteiger partial charge in [-0.2, -0.15) is 11.8 Å². The first-order valence-electron chi connectivity index (χ1n) is 9.78. The molecular weight excluding hydrogens is 416 g/mol. The molecule has 160 valence electrons. The van der Waals surface area contributed by atoms with Crippen LogP contribution >= 0.6 is 23.5 Å². The zero-order chi connectivity index (χ0) is 21.9. The van der Waals surface area contributed by atoms with Gasteiger partial charge >= 0.3 is 0 Å². The van der Waals surface area contributed by atoms with Gasteiger partial charge in [0.25, 0.3) is 0 Å². The van der Waals surface area contributed by atoms with Crippen LogP contribution in [0.3, 0.4) is 0 Å². The molecule has 2 amide bonds. The van der Waals surface area contributed by atoms with Crippen LogP contribution in [0.4, 0.5) is 0 Å². The fourth-order valence-electron chi connectivity index (χ4n) is 2.58. The van der Waals surface area contributed by atoms with Gasteiger partial charge in [-0.3, -0.25) is 14.4 Å². The van der Waals surface area contributed by atoms with Crippen molar-refractivity contribution in [2.75, 3.05) is 18.6 Å². The average molecular weight is 445 g/mol. The van der Waals surface area contributed by atoms with Crippen LogP contribution in [0.15, 0.2) is 54.6 Å². The summed E-state index contributed by atoms with van der Waals surface area (Å²) in [4.78, 5) is 37.0. The van der Waals surface area contributed by atoms with Crippen molar-refractivity contribution in [3.05, 3.63) is 71.3 Å². The van der Waals surface area contributed by atoms with Gasteiger partial charge in [0.2, 0.25) is 16.9 Å². The maximum Gasteiger partial charge on any atom is 0.243 e. The van der Waals surface area contributed by atoms with Crippen LogP contribution in [0.5, 0.6) is 0 Å². The second kappa shape index (κ2) is 12.4. The molecule has 0 bridgehead atoms. The molecule has 0 spiro atoms. The molecule has 7 heteroatoms. The van der Waals surface area contributed by atoms with E-state index in [1.165, 1.54) is 11.1 Å². The molecule has 0 aliphatic rings. The van der Waals surface area contributed by atoms with Crippen molar-refractivity contribution in [1.82, 2.24) is 10.6 Å². The SMILES string of the molecule is CNC(=O)[C@H](CSCc1ccc(C)cc1)NC(=O)[C@H](C)CSC(=O)c1ccccc1. The highest BCUT2D eigenvalue weighted by Crippen LogP contribution is 2.17. The number of aryl methyl sites for hydroxylation is 1. The molecule has 0 fully saturated rings. The van der Waals surface area contributed by atoms with Gasteiger partial charge in [0.05, 0.1) is 0 Å². The summed E-state index contributed by atoms with van der Waals surface area (Å²) in [6, 6.07) is 16.6. The van der Waals surface area contributed by atoms with E-state index < -0.39 is 12.0 Å². The van der Waals surface area contributed by atoms with Gasteiger partial charge in [-0.05, 0) is 12.5 Å². The van der Waals surface area contributed by atoms with Crippen LogP contribution in [-0.2, 0) is 15.3 Å². The highest BCUT2D eigenvalue weighted by atomic mass is 32.2. The average Bonchev–Trinajstić information content (AvgIpc) is 2.77. The highest BCUT2D eigenvalue weighted by Gasteiger charge is 2.23. The number of hydrogen-bond acceptors (Lipinski definition) is 5.